The average molecular weight is 558 g/mol. The van der Waals surface area contributed by atoms with Gasteiger partial charge < -0.3 is 14.8 Å². The van der Waals surface area contributed by atoms with Gasteiger partial charge in [-0.1, -0.05) is 42.0 Å². The molecular formula is C29H36ClN3O6. The Labute approximate surface area is 235 Å². The molecule has 1 aliphatic rings. The van der Waals surface area contributed by atoms with E-state index in [1.165, 1.54) is 23.8 Å². The zero-order valence-electron chi connectivity index (χ0n) is 23.1. The van der Waals surface area contributed by atoms with Gasteiger partial charge in [0.15, 0.2) is 0 Å². The topological polar surface area (TPSA) is 111 Å². The fourth-order valence-corrected chi connectivity index (χ4v) is 4.42. The number of nitro benzene ring substituents is 1. The SMILES string of the molecule is CC1=C(C(=O)OCCN(C)Cc2ccc(C)cc2)C(c2cccc([N+](=O)[O-])c2)C(C(=O)OC(C)C)=C(C)N1.Cl. The maximum atomic E-state index is 13.4. The molecule has 1 unspecified atom stereocenters. The van der Waals surface area contributed by atoms with E-state index in [2.05, 4.69) is 29.6 Å². The molecule has 0 fully saturated rings. The summed E-state index contributed by atoms with van der Waals surface area (Å²) < 4.78 is 11.1. The molecular weight excluding hydrogens is 522 g/mol. The predicted octanol–water partition coefficient (Wildman–Crippen LogP) is 5.19. The summed E-state index contributed by atoms with van der Waals surface area (Å²) in [6.07, 6.45) is -0.389. The average Bonchev–Trinajstić information content (AvgIpc) is 2.84. The van der Waals surface area contributed by atoms with Gasteiger partial charge in [-0.2, -0.15) is 0 Å². The quantitative estimate of drug-likeness (QED) is 0.241. The molecule has 3 rings (SSSR count). The summed E-state index contributed by atoms with van der Waals surface area (Å²) >= 11 is 0. The van der Waals surface area contributed by atoms with Crippen LogP contribution < -0.4 is 5.32 Å². The van der Waals surface area contributed by atoms with E-state index >= 15 is 0 Å². The number of esters is 2. The zero-order chi connectivity index (χ0) is 28.0. The van der Waals surface area contributed by atoms with Crippen LogP contribution in [-0.2, 0) is 25.6 Å². The summed E-state index contributed by atoms with van der Waals surface area (Å²) in [5.74, 6) is -2.09. The number of benzene rings is 2. The Morgan fingerprint density at radius 1 is 1.03 bits per heavy atom. The molecule has 0 aromatic heterocycles. The van der Waals surface area contributed by atoms with Gasteiger partial charge in [0.2, 0.25) is 0 Å². The van der Waals surface area contributed by atoms with Crippen molar-refractivity contribution in [2.24, 2.45) is 0 Å². The first-order chi connectivity index (χ1) is 18.0. The van der Waals surface area contributed by atoms with Crippen molar-refractivity contribution in [3.63, 3.8) is 0 Å². The molecule has 0 spiro atoms. The highest BCUT2D eigenvalue weighted by Crippen LogP contribution is 2.40. The molecule has 1 aliphatic heterocycles. The van der Waals surface area contributed by atoms with E-state index in [1.54, 1.807) is 33.8 Å². The third-order valence-electron chi connectivity index (χ3n) is 6.24. The van der Waals surface area contributed by atoms with E-state index < -0.39 is 22.8 Å². The number of carbonyl (C=O) groups excluding carboxylic acids is 2. The summed E-state index contributed by atoms with van der Waals surface area (Å²) in [6, 6.07) is 14.2. The van der Waals surface area contributed by atoms with Gasteiger partial charge in [0.1, 0.15) is 6.61 Å². The van der Waals surface area contributed by atoms with Crippen LogP contribution in [-0.4, -0.2) is 48.1 Å². The molecule has 0 amide bonds. The van der Waals surface area contributed by atoms with Crippen LogP contribution in [0.1, 0.15) is 50.3 Å². The van der Waals surface area contributed by atoms with Gasteiger partial charge in [-0.15, -0.1) is 12.4 Å². The Hall–Kier alpha value is -3.69. The van der Waals surface area contributed by atoms with Crippen molar-refractivity contribution >= 4 is 30.0 Å². The molecule has 0 saturated carbocycles. The van der Waals surface area contributed by atoms with Gasteiger partial charge in [-0.3, -0.25) is 15.0 Å². The molecule has 1 atom stereocenters. The van der Waals surface area contributed by atoms with E-state index in [0.717, 1.165) is 5.56 Å². The van der Waals surface area contributed by atoms with Crippen molar-refractivity contribution in [1.29, 1.82) is 0 Å². The minimum atomic E-state index is -0.889. The van der Waals surface area contributed by atoms with Crippen molar-refractivity contribution < 1.29 is 24.0 Å². The van der Waals surface area contributed by atoms with Crippen molar-refractivity contribution in [3.8, 4) is 0 Å². The summed E-state index contributed by atoms with van der Waals surface area (Å²) in [7, 11) is 1.94. The normalized spacial score (nSPS) is 15.1. The standard InChI is InChI=1S/C29H35N3O6.ClH/c1-18(2)38-29(34)26-21(5)30-20(4)25(27(26)23-8-7-9-24(16-23)32(35)36)28(33)37-15-14-31(6)17-22-12-10-19(3)11-13-22;/h7-13,16,18,27,30H,14-15,17H2,1-6H3;1H. The fourth-order valence-electron chi connectivity index (χ4n) is 4.42. The Bertz CT molecular complexity index is 1270. The number of dihydropyridines is 1. The molecule has 39 heavy (non-hydrogen) atoms. The number of allylic oxidation sites excluding steroid dienone is 2. The lowest BCUT2D eigenvalue weighted by Crippen LogP contribution is -2.34. The predicted molar refractivity (Wildman–Crippen MR) is 151 cm³/mol. The van der Waals surface area contributed by atoms with Crippen LogP contribution in [0.3, 0.4) is 0 Å². The van der Waals surface area contributed by atoms with Gasteiger partial charge in [0.05, 0.1) is 28.1 Å². The fraction of sp³-hybridized carbons (Fsp3) is 0.379. The van der Waals surface area contributed by atoms with Crippen LogP contribution in [0.5, 0.6) is 0 Å². The largest absolute Gasteiger partial charge is 0.461 e. The first-order valence-corrected chi connectivity index (χ1v) is 12.5. The van der Waals surface area contributed by atoms with Crippen LogP contribution in [0.2, 0.25) is 0 Å². The second-order valence-corrected chi connectivity index (χ2v) is 9.80. The lowest BCUT2D eigenvalue weighted by molar-refractivity contribution is -0.384. The number of nitrogens with zero attached hydrogens (tertiary/aromatic N) is 2. The highest BCUT2D eigenvalue weighted by molar-refractivity contribution is 6.00. The third-order valence-corrected chi connectivity index (χ3v) is 6.24. The third kappa shape index (κ3) is 8.15. The number of nitro groups is 1. The summed E-state index contributed by atoms with van der Waals surface area (Å²) in [5, 5.41) is 14.6. The van der Waals surface area contributed by atoms with Crippen molar-refractivity contribution in [2.75, 3.05) is 20.2 Å². The van der Waals surface area contributed by atoms with E-state index in [1.807, 2.05) is 18.9 Å². The Morgan fingerprint density at radius 2 is 1.64 bits per heavy atom. The smallest absolute Gasteiger partial charge is 0.337 e. The summed E-state index contributed by atoms with van der Waals surface area (Å²) in [5.41, 5.74) is 4.09. The Morgan fingerprint density at radius 3 is 2.23 bits per heavy atom. The van der Waals surface area contributed by atoms with Crippen LogP contribution in [0.15, 0.2) is 71.1 Å². The number of non-ortho nitro benzene ring substituents is 1. The van der Waals surface area contributed by atoms with Crippen molar-refractivity contribution in [2.45, 2.75) is 53.2 Å². The molecule has 2 aromatic rings. The molecule has 2 aromatic carbocycles. The number of carbonyl (C=O) groups is 2. The molecule has 1 N–H and O–H groups in total. The summed E-state index contributed by atoms with van der Waals surface area (Å²) in [4.78, 5) is 39.6. The number of nitrogens with one attached hydrogen (secondary N) is 1. The molecule has 0 radical (unpaired) electrons. The zero-order valence-corrected chi connectivity index (χ0v) is 24.0. The van der Waals surface area contributed by atoms with E-state index in [9.17, 15) is 19.7 Å². The number of hydrogen-bond donors (Lipinski definition) is 1. The molecule has 210 valence electrons. The van der Waals surface area contributed by atoms with Crippen molar-refractivity contribution in [3.05, 3.63) is 97.9 Å². The Balaban J connectivity index is 0.00000533. The van der Waals surface area contributed by atoms with Crippen LogP contribution in [0.25, 0.3) is 0 Å². The summed E-state index contributed by atoms with van der Waals surface area (Å²) in [6.45, 7) is 10.3. The number of likely N-dealkylation sites (N-methyl/N-ethyl adjacent to an activating group) is 1. The highest BCUT2D eigenvalue weighted by Gasteiger charge is 2.38. The second-order valence-electron chi connectivity index (χ2n) is 9.80. The lowest BCUT2D eigenvalue weighted by atomic mass is 9.80. The number of aryl methyl sites for hydroxylation is 1. The maximum Gasteiger partial charge on any atom is 0.337 e. The molecule has 0 bridgehead atoms. The highest BCUT2D eigenvalue weighted by atomic mass is 35.5. The van der Waals surface area contributed by atoms with Crippen molar-refractivity contribution in [1.82, 2.24) is 10.2 Å². The molecule has 10 heteroatoms. The number of halogens is 1. The van der Waals surface area contributed by atoms with E-state index in [-0.39, 0.29) is 42.0 Å². The minimum Gasteiger partial charge on any atom is -0.461 e. The molecule has 1 heterocycles. The monoisotopic (exact) mass is 557 g/mol. The lowest BCUT2D eigenvalue weighted by Gasteiger charge is -2.31. The minimum absolute atomic E-state index is 0. The van der Waals surface area contributed by atoms with E-state index in [4.69, 9.17) is 9.47 Å². The number of hydrogen-bond acceptors (Lipinski definition) is 8. The molecule has 0 aliphatic carbocycles. The van der Waals surface area contributed by atoms with Crippen LogP contribution in [0, 0.1) is 17.0 Å². The Kier molecular flexibility index (Phi) is 11.2. The molecule has 9 nitrogen and oxygen atoms in total. The van der Waals surface area contributed by atoms with Crippen LogP contribution >= 0.6 is 12.4 Å². The van der Waals surface area contributed by atoms with Gasteiger partial charge in [0.25, 0.3) is 5.69 Å². The van der Waals surface area contributed by atoms with Gasteiger partial charge in [0, 0.05) is 36.6 Å². The van der Waals surface area contributed by atoms with E-state index in [0.29, 0.717) is 30.0 Å². The van der Waals surface area contributed by atoms with Crippen LogP contribution in [0.4, 0.5) is 5.69 Å². The number of ether oxygens (including phenoxy) is 2. The first kappa shape index (κ1) is 31.5. The van der Waals surface area contributed by atoms with Gasteiger partial charge >= 0.3 is 11.9 Å². The van der Waals surface area contributed by atoms with Gasteiger partial charge in [-0.05, 0) is 52.8 Å². The molecule has 0 saturated heterocycles. The second kappa shape index (κ2) is 13.9. The number of rotatable bonds is 10. The maximum absolute atomic E-state index is 13.4. The first-order valence-electron chi connectivity index (χ1n) is 12.5. The van der Waals surface area contributed by atoms with Gasteiger partial charge in [-0.25, -0.2) is 9.59 Å².